The van der Waals surface area contributed by atoms with Gasteiger partial charge in [-0.2, -0.15) is 5.10 Å². The Labute approximate surface area is 146 Å². The first-order valence-corrected chi connectivity index (χ1v) is 8.25. The molecule has 0 spiro atoms. The number of nitrogens with zero attached hydrogens (tertiary/aromatic N) is 3. The molecule has 0 aliphatic carbocycles. The van der Waals surface area contributed by atoms with Crippen LogP contribution in [0.15, 0.2) is 29.8 Å². The Morgan fingerprint density at radius 1 is 1.35 bits per heavy atom. The second kappa shape index (κ2) is 6.31. The standard InChI is InChI=1S/C15H11Cl2N3O2S/c1-8-10(15(21)22)5-18-20(8)6-14-19-13(7-23-14)9-2-3-11(16)12(17)4-9/h2-5,7H,6H2,1H3,(H,21,22). The SMILES string of the molecule is Cc1c(C(=O)O)cnn1Cc1nc(-c2ccc(Cl)c(Cl)c2)cs1. The Kier molecular flexibility index (Phi) is 4.39. The number of carboxylic acid groups (broad SMARTS) is 1. The van der Waals surface area contributed by atoms with Crippen molar-refractivity contribution >= 4 is 40.5 Å². The predicted octanol–water partition coefficient (Wildman–Crippen LogP) is 4.37. The number of aromatic nitrogens is 3. The Balaban J connectivity index is 1.85. The molecule has 3 rings (SSSR count). The Bertz CT molecular complexity index is 889. The van der Waals surface area contributed by atoms with Gasteiger partial charge in [-0.15, -0.1) is 11.3 Å². The first kappa shape index (κ1) is 16.0. The van der Waals surface area contributed by atoms with Crippen LogP contribution in [-0.4, -0.2) is 25.8 Å². The molecule has 118 valence electrons. The molecular formula is C15H11Cl2N3O2S. The van der Waals surface area contributed by atoms with Crippen LogP contribution in [0.1, 0.15) is 21.1 Å². The summed E-state index contributed by atoms with van der Waals surface area (Å²) in [6.45, 7) is 2.15. The van der Waals surface area contributed by atoms with Crippen molar-refractivity contribution in [3.63, 3.8) is 0 Å². The number of hydrogen-bond acceptors (Lipinski definition) is 4. The van der Waals surface area contributed by atoms with E-state index in [4.69, 9.17) is 28.3 Å². The van der Waals surface area contributed by atoms with Crippen LogP contribution in [0.3, 0.4) is 0 Å². The molecule has 0 saturated carbocycles. The quantitative estimate of drug-likeness (QED) is 0.743. The van der Waals surface area contributed by atoms with Gasteiger partial charge in [-0.05, 0) is 19.1 Å². The van der Waals surface area contributed by atoms with E-state index in [2.05, 4.69) is 10.1 Å². The fraction of sp³-hybridized carbons (Fsp3) is 0.133. The molecule has 0 radical (unpaired) electrons. The van der Waals surface area contributed by atoms with Crippen molar-refractivity contribution in [2.75, 3.05) is 0 Å². The maximum absolute atomic E-state index is 11.0. The normalized spacial score (nSPS) is 10.9. The van der Waals surface area contributed by atoms with Crippen molar-refractivity contribution in [3.05, 3.63) is 56.1 Å². The molecule has 0 amide bonds. The number of benzene rings is 1. The van der Waals surface area contributed by atoms with Crippen molar-refractivity contribution in [1.29, 1.82) is 0 Å². The lowest BCUT2D eigenvalue weighted by Gasteiger charge is -2.02. The van der Waals surface area contributed by atoms with Gasteiger partial charge in [-0.1, -0.05) is 29.3 Å². The molecule has 0 aliphatic heterocycles. The molecule has 2 aromatic heterocycles. The highest BCUT2D eigenvalue weighted by Crippen LogP contribution is 2.29. The molecule has 0 aliphatic rings. The summed E-state index contributed by atoms with van der Waals surface area (Å²) in [6, 6.07) is 5.36. The van der Waals surface area contributed by atoms with E-state index < -0.39 is 5.97 Å². The molecule has 0 atom stereocenters. The van der Waals surface area contributed by atoms with Gasteiger partial charge >= 0.3 is 5.97 Å². The minimum Gasteiger partial charge on any atom is -0.478 e. The van der Waals surface area contributed by atoms with Gasteiger partial charge < -0.3 is 5.11 Å². The summed E-state index contributed by atoms with van der Waals surface area (Å²) < 4.78 is 1.63. The zero-order valence-corrected chi connectivity index (χ0v) is 14.3. The van der Waals surface area contributed by atoms with Crippen LogP contribution in [0, 0.1) is 6.92 Å². The van der Waals surface area contributed by atoms with Crippen molar-refractivity contribution in [2.24, 2.45) is 0 Å². The summed E-state index contributed by atoms with van der Waals surface area (Å²) >= 11 is 13.4. The van der Waals surface area contributed by atoms with Crippen LogP contribution in [0.4, 0.5) is 0 Å². The van der Waals surface area contributed by atoms with Crippen LogP contribution in [0.25, 0.3) is 11.3 Å². The smallest absolute Gasteiger partial charge is 0.339 e. The average molecular weight is 368 g/mol. The summed E-state index contributed by atoms with van der Waals surface area (Å²) in [6.07, 6.45) is 1.35. The van der Waals surface area contributed by atoms with Crippen LogP contribution >= 0.6 is 34.5 Å². The zero-order valence-electron chi connectivity index (χ0n) is 12.0. The number of thiazole rings is 1. The van der Waals surface area contributed by atoms with Crippen molar-refractivity contribution in [2.45, 2.75) is 13.5 Å². The van der Waals surface area contributed by atoms with Gasteiger partial charge in [0, 0.05) is 10.9 Å². The van der Waals surface area contributed by atoms with Gasteiger partial charge in [-0.3, -0.25) is 4.68 Å². The van der Waals surface area contributed by atoms with Crippen LogP contribution < -0.4 is 0 Å². The van der Waals surface area contributed by atoms with Crippen molar-refractivity contribution in [3.8, 4) is 11.3 Å². The topological polar surface area (TPSA) is 68.0 Å². The first-order valence-electron chi connectivity index (χ1n) is 6.61. The molecule has 1 aromatic carbocycles. The summed E-state index contributed by atoms with van der Waals surface area (Å²) in [5, 5.41) is 16.9. The molecule has 0 bridgehead atoms. The van der Waals surface area contributed by atoms with E-state index in [0.29, 0.717) is 22.3 Å². The molecule has 0 unspecified atom stereocenters. The molecule has 5 nitrogen and oxygen atoms in total. The van der Waals surface area contributed by atoms with Gasteiger partial charge in [-0.25, -0.2) is 9.78 Å². The van der Waals surface area contributed by atoms with Crippen LogP contribution in [0.5, 0.6) is 0 Å². The second-order valence-corrected chi connectivity index (χ2v) is 6.62. The highest BCUT2D eigenvalue weighted by molar-refractivity contribution is 7.09. The van der Waals surface area contributed by atoms with E-state index in [1.165, 1.54) is 17.5 Å². The Hall–Kier alpha value is -1.89. The van der Waals surface area contributed by atoms with Gasteiger partial charge in [0.15, 0.2) is 0 Å². The summed E-state index contributed by atoms with van der Waals surface area (Å²) in [5.74, 6) is -0.982. The summed E-state index contributed by atoms with van der Waals surface area (Å²) in [7, 11) is 0. The third-order valence-electron chi connectivity index (χ3n) is 3.39. The minimum atomic E-state index is -0.982. The fourth-order valence-corrected chi connectivity index (χ4v) is 3.20. The van der Waals surface area contributed by atoms with Gasteiger partial charge in [0.1, 0.15) is 10.6 Å². The maximum atomic E-state index is 11.0. The lowest BCUT2D eigenvalue weighted by Crippen LogP contribution is -2.05. The Morgan fingerprint density at radius 3 is 2.78 bits per heavy atom. The molecule has 2 heterocycles. The maximum Gasteiger partial charge on any atom is 0.339 e. The highest BCUT2D eigenvalue weighted by atomic mass is 35.5. The van der Waals surface area contributed by atoms with E-state index in [-0.39, 0.29) is 5.56 Å². The fourth-order valence-electron chi connectivity index (χ4n) is 2.12. The van der Waals surface area contributed by atoms with Crippen molar-refractivity contribution < 1.29 is 9.90 Å². The van der Waals surface area contributed by atoms with Gasteiger partial charge in [0.25, 0.3) is 0 Å². The third kappa shape index (κ3) is 3.24. The first-order chi connectivity index (χ1) is 11.0. The largest absolute Gasteiger partial charge is 0.478 e. The number of hydrogen-bond donors (Lipinski definition) is 1. The molecule has 8 heteroatoms. The van der Waals surface area contributed by atoms with E-state index in [1.807, 2.05) is 11.4 Å². The lowest BCUT2D eigenvalue weighted by atomic mass is 10.2. The molecule has 23 heavy (non-hydrogen) atoms. The van der Waals surface area contributed by atoms with E-state index in [0.717, 1.165) is 16.3 Å². The predicted molar refractivity (Wildman–Crippen MR) is 90.6 cm³/mol. The van der Waals surface area contributed by atoms with E-state index >= 15 is 0 Å². The van der Waals surface area contributed by atoms with E-state index in [9.17, 15) is 4.79 Å². The molecule has 0 fully saturated rings. The van der Waals surface area contributed by atoms with Crippen LogP contribution in [0.2, 0.25) is 10.0 Å². The number of aromatic carboxylic acids is 1. The number of rotatable bonds is 4. The molecular weight excluding hydrogens is 357 g/mol. The monoisotopic (exact) mass is 367 g/mol. The minimum absolute atomic E-state index is 0.200. The molecule has 3 aromatic rings. The summed E-state index contributed by atoms with van der Waals surface area (Å²) in [5.41, 5.74) is 2.48. The van der Waals surface area contributed by atoms with Gasteiger partial charge in [0.05, 0.1) is 34.2 Å². The number of carboxylic acids is 1. The van der Waals surface area contributed by atoms with Gasteiger partial charge in [0.2, 0.25) is 0 Å². The number of carbonyl (C=O) groups is 1. The lowest BCUT2D eigenvalue weighted by molar-refractivity contribution is 0.0696. The highest BCUT2D eigenvalue weighted by Gasteiger charge is 2.14. The molecule has 1 N–H and O–H groups in total. The third-order valence-corrected chi connectivity index (χ3v) is 4.96. The zero-order chi connectivity index (χ0) is 16.6. The summed E-state index contributed by atoms with van der Waals surface area (Å²) in [4.78, 5) is 15.6. The molecule has 0 saturated heterocycles. The average Bonchev–Trinajstić information content (AvgIpc) is 3.10. The van der Waals surface area contributed by atoms with E-state index in [1.54, 1.807) is 23.7 Å². The Morgan fingerprint density at radius 2 is 2.13 bits per heavy atom. The second-order valence-electron chi connectivity index (χ2n) is 4.86. The van der Waals surface area contributed by atoms with Crippen LogP contribution in [-0.2, 0) is 6.54 Å². The number of halogens is 2. The van der Waals surface area contributed by atoms with Crippen molar-refractivity contribution in [1.82, 2.24) is 14.8 Å².